The zero-order valence-corrected chi connectivity index (χ0v) is 9.58. The lowest BCUT2D eigenvalue weighted by Crippen LogP contribution is -2.15. The van der Waals surface area contributed by atoms with Gasteiger partial charge in [0.2, 0.25) is 0 Å². The Morgan fingerprint density at radius 1 is 1.05 bits per heavy atom. The summed E-state index contributed by atoms with van der Waals surface area (Å²) in [7, 11) is 0. The minimum Gasteiger partial charge on any atom is -0.399 e. The van der Waals surface area contributed by atoms with Crippen LogP contribution in [0.25, 0.3) is 0 Å². The molecule has 19 heavy (non-hydrogen) atoms. The van der Waals surface area contributed by atoms with E-state index >= 15 is 0 Å². The SMILES string of the molecule is Nc1ccc(F)c(C(=O)Nc2cccc(F)c2F)c1. The van der Waals surface area contributed by atoms with Gasteiger partial charge >= 0.3 is 0 Å². The van der Waals surface area contributed by atoms with Gasteiger partial charge in [-0.3, -0.25) is 4.79 Å². The van der Waals surface area contributed by atoms with Crippen LogP contribution in [0.1, 0.15) is 10.4 Å². The number of hydrogen-bond acceptors (Lipinski definition) is 2. The second kappa shape index (κ2) is 5.01. The summed E-state index contributed by atoms with van der Waals surface area (Å²) in [5, 5.41) is 2.09. The topological polar surface area (TPSA) is 55.1 Å². The summed E-state index contributed by atoms with van der Waals surface area (Å²) in [6, 6.07) is 6.72. The lowest BCUT2D eigenvalue weighted by molar-refractivity contribution is 0.102. The molecular formula is C13H9F3N2O. The first-order chi connectivity index (χ1) is 8.99. The van der Waals surface area contributed by atoms with Gasteiger partial charge in [0.15, 0.2) is 11.6 Å². The molecule has 0 spiro atoms. The number of nitrogens with one attached hydrogen (secondary N) is 1. The Hall–Kier alpha value is -2.50. The summed E-state index contributed by atoms with van der Waals surface area (Å²) < 4.78 is 39.7. The van der Waals surface area contributed by atoms with E-state index in [4.69, 9.17) is 5.73 Å². The minimum absolute atomic E-state index is 0.186. The number of rotatable bonds is 2. The second-order valence-corrected chi connectivity index (χ2v) is 3.79. The maximum Gasteiger partial charge on any atom is 0.258 e. The van der Waals surface area contributed by atoms with Crippen molar-refractivity contribution >= 4 is 17.3 Å². The molecule has 2 rings (SSSR count). The first kappa shape index (κ1) is 12.9. The molecule has 0 unspecified atom stereocenters. The summed E-state index contributed by atoms with van der Waals surface area (Å²) >= 11 is 0. The molecule has 2 aromatic carbocycles. The standard InChI is InChI=1S/C13H9F3N2O/c14-9-5-4-7(17)6-8(9)13(19)18-11-3-1-2-10(15)12(11)16/h1-6H,17H2,(H,18,19). The number of anilines is 2. The monoisotopic (exact) mass is 266 g/mol. The zero-order chi connectivity index (χ0) is 14.0. The van der Waals surface area contributed by atoms with Gasteiger partial charge in [-0.2, -0.15) is 0 Å². The fourth-order valence-corrected chi connectivity index (χ4v) is 1.51. The van der Waals surface area contributed by atoms with Crippen LogP contribution in [0.3, 0.4) is 0 Å². The number of amides is 1. The molecule has 6 heteroatoms. The third-order valence-corrected chi connectivity index (χ3v) is 2.43. The van der Waals surface area contributed by atoms with Gasteiger partial charge in [0, 0.05) is 5.69 Å². The highest BCUT2D eigenvalue weighted by Gasteiger charge is 2.15. The molecule has 0 bridgehead atoms. The van der Waals surface area contributed by atoms with Crippen molar-refractivity contribution in [2.24, 2.45) is 0 Å². The van der Waals surface area contributed by atoms with Crippen molar-refractivity contribution in [1.29, 1.82) is 0 Å². The molecule has 98 valence electrons. The van der Waals surface area contributed by atoms with Gasteiger partial charge in [-0.25, -0.2) is 13.2 Å². The van der Waals surface area contributed by atoms with Gasteiger partial charge in [-0.1, -0.05) is 6.07 Å². The average Bonchev–Trinajstić information content (AvgIpc) is 2.38. The fourth-order valence-electron chi connectivity index (χ4n) is 1.51. The molecule has 0 fully saturated rings. The summed E-state index contributed by atoms with van der Waals surface area (Å²) in [4.78, 5) is 11.8. The molecule has 0 aliphatic heterocycles. The Bertz CT molecular complexity index is 644. The van der Waals surface area contributed by atoms with Crippen LogP contribution in [0.4, 0.5) is 24.5 Å². The molecule has 0 saturated heterocycles. The van der Waals surface area contributed by atoms with Gasteiger partial charge in [0.25, 0.3) is 5.91 Å². The number of nitrogen functional groups attached to an aromatic ring is 1. The average molecular weight is 266 g/mol. The van der Waals surface area contributed by atoms with Crippen molar-refractivity contribution in [2.45, 2.75) is 0 Å². The second-order valence-electron chi connectivity index (χ2n) is 3.79. The Morgan fingerprint density at radius 3 is 2.53 bits per heavy atom. The van der Waals surface area contributed by atoms with Crippen molar-refractivity contribution in [3.63, 3.8) is 0 Å². The van der Waals surface area contributed by atoms with Crippen molar-refractivity contribution in [1.82, 2.24) is 0 Å². The molecule has 0 atom stereocenters. The van der Waals surface area contributed by atoms with Crippen molar-refractivity contribution in [3.8, 4) is 0 Å². The van der Waals surface area contributed by atoms with Crippen molar-refractivity contribution in [2.75, 3.05) is 11.1 Å². The Balaban J connectivity index is 2.31. The molecule has 0 radical (unpaired) electrons. The van der Waals surface area contributed by atoms with Gasteiger partial charge < -0.3 is 11.1 Å². The fraction of sp³-hybridized carbons (Fsp3) is 0. The summed E-state index contributed by atoms with van der Waals surface area (Å²) in [5.41, 5.74) is 4.91. The van der Waals surface area contributed by atoms with E-state index in [0.717, 1.165) is 18.2 Å². The summed E-state index contributed by atoms with van der Waals surface area (Å²) in [6.07, 6.45) is 0. The molecule has 3 N–H and O–H groups in total. The van der Waals surface area contributed by atoms with Crippen LogP contribution in [-0.4, -0.2) is 5.91 Å². The molecule has 2 aromatic rings. The molecule has 3 nitrogen and oxygen atoms in total. The first-order valence-corrected chi connectivity index (χ1v) is 5.29. The van der Waals surface area contributed by atoms with E-state index in [1.165, 1.54) is 18.2 Å². The molecule has 0 aliphatic rings. The lowest BCUT2D eigenvalue weighted by Gasteiger charge is -2.08. The van der Waals surface area contributed by atoms with Gasteiger partial charge in [0.1, 0.15) is 5.82 Å². The van der Waals surface area contributed by atoms with E-state index in [1.807, 2.05) is 0 Å². The maximum atomic E-state index is 13.4. The number of hydrogen-bond donors (Lipinski definition) is 2. The molecule has 0 saturated carbocycles. The smallest absolute Gasteiger partial charge is 0.258 e. The van der Waals surface area contributed by atoms with Gasteiger partial charge in [0.05, 0.1) is 11.3 Å². The third-order valence-electron chi connectivity index (χ3n) is 2.43. The van der Waals surface area contributed by atoms with E-state index < -0.39 is 23.4 Å². The van der Waals surface area contributed by atoms with Crippen LogP contribution in [0.2, 0.25) is 0 Å². The minimum atomic E-state index is -1.21. The summed E-state index contributed by atoms with van der Waals surface area (Å²) in [5.74, 6) is -4.02. The van der Waals surface area contributed by atoms with Crippen LogP contribution in [0.15, 0.2) is 36.4 Å². The Labute approximate surface area is 106 Å². The predicted molar refractivity (Wildman–Crippen MR) is 65.1 cm³/mol. The van der Waals surface area contributed by atoms with Crippen LogP contribution in [0.5, 0.6) is 0 Å². The number of carbonyl (C=O) groups is 1. The number of halogens is 3. The zero-order valence-electron chi connectivity index (χ0n) is 9.58. The van der Waals surface area contributed by atoms with E-state index in [9.17, 15) is 18.0 Å². The number of nitrogens with two attached hydrogens (primary N) is 1. The molecule has 1 amide bonds. The Kier molecular flexibility index (Phi) is 3.41. The largest absolute Gasteiger partial charge is 0.399 e. The highest BCUT2D eigenvalue weighted by molar-refractivity contribution is 6.05. The lowest BCUT2D eigenvalue weighted by atomic mass is 10.1. The molecule has 0 heterocycles. The Morgan fingerprint density at radius 2 is 1.79 bits per heavy atom. The predicted octanol–water partition coefficient (Wildman–Crippen LogP) is 2.94. The van der Waals surface area contributed by atoms with Crippen molar-refractivity contribution < 1.29 is 18.0 Å². The highest BCUT2D eigenvalue weighted by Crippen LogP contribution is 2.19. The third kappa shape index (κ3) is 2.67. The van der Waals surface area contributed by atoms with E-state index in [-0.39, 0.29) is 16.9 Å². The van der Waals surface area contributed by atoms with E-state index in [1.54, 1.807) is 0 Å². The normalized spacial score (nSPS) is 10.3. The highest BCUT2D eigenvalue weighted by atomic mass is 19.2. The maximum absolute atomic E-state index is 13.4. The van der Waals surface area contributed by atoms with Crippen LogP contribution in [-0.2, 0) is 0 Å². The van der Waals surface area contributed by atoms with Gasteiger partial charge in [-0.15, -0.1) is 0 Å². The molecular weight excluding hydrogens is 257 g/mol. The van der Waals surface area contributed by atoms with Gasteiger partial charge in [-0.05, 0) is 30.3 Å². The van der Waals surface area contributed by atoms with Crippen LogP contribution in [0, 0.1) is 17.5 Å². The van der Waals surface area contributed by atoms with Crippen LogP contribution < -0.4 is 11.1 Å². The quantitative estimate of drug-likeness (QED) is 0.821. The summed E-state index contributed by atoms with van der Waals surface area (Å²) in [6.45, 7) is 0. The van der Waals surface area contributed by atoms with E-state index in [2.05, 4.69) is 5.32 Å². The molecule has 0 aromatic heterocycles. The molecule has 0 aliphatic carbocycles. The van der Waals surface area contributed by atoms with Crippen LogP contribution >= 0.6 is 0 Å². The number of benzene rings is 2. The van der Waals surface area contributed by atoms with Crippen molar-refractivity contribution in [3.05, 3.63) is 59.4 Å². The van der Waals surface area contributed by atoms with E-state index in [0.29, 0.717) is 0 Å². The number of carbonyl (C=O) groups excluding carboxylic acids is 1. The first-order valence-electron chi connectivity index (χ1n) is 5.29.